The standard InChI is InChI=1S/C20H26FNO2/c1-20(2,3)24-19(23)22-17-8-5-9-18(22)13-15(12-17)10-14-6-4-7-16(21)11-14/h4,6-7,11-12,17-18H,5,8-10,13H2,1-3H3. The molecule has 4 heteroatoms. The Morgan fingerprint density at radius 3 is 2.79 bits per heavy atom. The van der Waals surface area contributed by atoms with E-state index in [1.54, 1.807) is 12.1 Å². The lowest BCUT2D eigenvalue weighted by molar-refractivity contribution is -0.00149. The molecule has 1 aromatic carbocycles. The van der Waals surface area contributed by atoms with Crippen molar-refractivity contribution in [2.45, 2.75) is 70.6 Å². The summed E-state index contributed by atoms with van der Waals surface area (Å²) in [7, 11) is 0. The minimum absolute atomic E-state index is 0.107. The molecule has 1 saturated heterocycles. The van der Waals surface area contributed by atoms with Crippen LogP contribution < -0.4 is 0 Å². The first-order chi connectivity index (χ1) is 11.3. The summed E-state index contributed by atoms with van der Waals surface area (Å²) in [5.41, 5.74) is 1.82. The molecule has 2 aliphatic heterocycles. The Morgan fingerprint density at radius 2 is 2.12 bits per heavy atom. The molecule has 2 aliphatic rings. The van der Waals surface area contributed by atoms with Gasteiger partial charge in [-0.25, -0.2) is 9.18 Å². The number of carbonyl (C=O) groups excluding carboxylic acids is 1. The quantitative estimate of drug-likeness (QED) is 0.725. The summed E-state index contributed by atoms with van der Waals surface area (Å²) >= 11 is 0. The minimum atomic E-state index is -0.475. The van der Waals surface area contributed by atoms with Crippen LogP contribution in [0.25, 0.3) is 0 Å². The van der Waals surface area contributed by atoms with E-state index in [0.717, 1.165) is 37.7 Å². The molecule has 130 valence electrons. The van der Waals surface area contributed by atoms with Crippen molar-refractivity contribution in [1.29, 1.82) is 0 Å². The van der Waals surface area contributed by atoms with E-state index in [1.165, 1.54) is 11.6 Å². The van der Waals surface area contributed by atoms with E-state index in [4.69, 9.17) is 4.74 Å². The second-order valence-corrected chi connectivity index (χ2v) is 7.88. The van der Waals surface area contributed by atoms with Crippen LogP contribution in [0.3, 0.4) is 0 Å². The van der Waals surface area contributed by atoms with Gasteiger partial charge in [-0.05, 0) is 70.6 Å². The van der Waals surface area contributed by atoms with Crippen LogP contribution in [0, 0.1) is 5.82 Å². The van der Waals surface area contributed by atoms with Crippen molar-refractivity contribution < 1.29 is 13.9 Å². The third-order valence-electron chi connectivity index (χ3n) is 4.64. The van der Waals surface area contributed by atoms with E-state index >= 15 is 0 Å². The van der Waals surface area contributed by atoms with Crippen molar-refractivity contribution in [3.05, 3.63) is 47.3 Å². The van der Waals surface area contributed by atoms with Gasteiger partial charge in [0.1, 0.15) is 11.4 Å². The first-order valence-electron chi connectivity index (χ1n) is 8.77. The SMILES string of the molecule is CC(C)(C)OC(=O)N1C2C=C(Cc3cccc(F)c3)CC1CCC2. The number of halogens is 1. The monoisotopic (exact) mass is 331 g/mol. The number of fused-ring (bicyclic) bond motifs is 2. The molecule has 0 N–H and O–H groups in total. The highest BCUT2D eigenvalue weighted by Gasteiger charge is 2.39. The van der Waals surface area contributed by atoms with Crippen LogP contribution in [0.4, 0.5) is 9.18 Å². The maximum absolute atomic E-state index is 13.4. The third kappa shape index (κ3) is 3.97. The Kier molecular flexibility index (Phi) is 4.66. The molecule has 0 spiro atoms. The molecule has 1 amide bonds. The van der Waals surface area contributed by atoms with Gasteiger partial charge in [-0.15, -0.1) is 0 Å². The van der Waals surface area contributed by atoms with E-state index < -0.39 is 5.60 Å². The molecule has 0 aliphatic carbocycles. The maximum Gasteiger partial charge on any atom is 0.411 e. The second-order valence-electron chi connectivity index (χ2n) is 7.88. The zero-order valence-electron chi connectivity index (χ0n) is 14.7. The van der Waals surface area contributed by atoms with Gasteiger partial charge >= 0.3 is 6.09 Å². The van der Waals surface area contributed by atoms with Crippen LogP contribution in [-0.2, 0) is 11.2 Å². The van der Waals surface area contributed by atoms with E-state index in [-0.39, 0.29) is 24.0 Å². The highest BCUT2D eigenvalue weighted by molar-refractivity contribution is 5.70. The summed E-state index contributed by atoms with van der Waals surface area (Å²) in [6.45, 7) is 5.70. The van der Waals surface area contributed by atoms with Crippen molar-refractivity contribution in [1.82, 2.24) is 4.90 Å². The number of rotatable bonds is 2. The number of amides is 1. The highest BCUT2D eigenvalue weighted by atomic mass is 19.1. The normalized spacial score (nSPS) is 23.7. The summed E-state index contributed by atoms with van der Waals surface area (Å²) in [6.07, 6.45) is 6.72. The molecule has 2 bridgehead atoms. The first kappa shape index (κ1) is 17.0. The molecule has 3 nitrogen and oxygen atoms in total. The number of hydrogen-bond donors (Lipinski definition) is 0. The largest absolute Gasteiger partial charge is 0.444 e. The third-order valence-corrected chi connectivity index (χ3v) is 4.64. The fourth-order valence-electron chi connectivity index (χ4n) is 3.76. The van der Waals surface area contributed by atoms with Gasteiger partial charge in [0.15, 0.2) is 0 Å². The fourth-order valence-corrected chi connectivity index (χ4v) is 3.76. The predicted molar refractivity (Wildman–Crippen MR) is 92.3 cm³/mol. The summed E-state index contributed by atoms with van der Waals surface area (Å²) in [5, 5.41) is 0. The molecule has 2 unspecified atom stereocenters. The fraction of sp³-hybridized carbons (Fsp3) is 0.550. The van der Waals surface area contributed by atoms with Crippen molar-refractivity contribution in [3.63, 3.8) is 0 Å². The predicted octanol–water partition coefficient (Wildman–Crippen LogP) is 4.86. The van der Waals surface area contributed by atoms with Crippen LogP contribution in [0.15, 0.2) is 35.9 Å². The molecule has 0 aromatic heterocycles. The lowest BCUT2D eigenvalue weighted by atomic mass is 9.83. The van der Waals surface area contributed by atoms with Gasteiger partial charge in [0.25, 0.3) is 0 Å². The van der Waals surface area contributed by atoms with Crippen molar-refractivity contribution in [2.75, 3.05) is 0 Å². The molecule has 3 rings (SSSR count). The number of ether oxygens (including phenoxy) is 1. The summed E-state index contributed by atoms with van der Waals surface area (Å²) in [4.78, 5) is 14.5. The summed E-state index contributed by atoms with van der Waals surface area (Å²) in [5.74, 6) is -0.195. The number of carbonyl (C=O) groups is 1. The molecule has 1 aromatic rings. The maximum atomic E-state index is 13.4. The van der Waals surface area contributed by atoms with Crippen molar-refractivity contribution >= 4 is 6.09 Å². The Morgan fingerprint density at radius 1 is 1.33 bits per heavy atom. The van der Waals surface area contributed by atoms with E-state index in [0.29, 0.717) is 0 Å². The lowest BCUT2D eigenvalue weighted by Gasteiger charge is -2.45. The average Bonchev–Trinajstić information content (AvgIpc) is 2.44. The van der Waals surface area contributed by atoms with Crippen molar-refractivity contribution in [2.24, 2.45) is 0 Å². The zero-order chi connectivity index (χ0) is 17.3. The average molecular weight is 331 g/mol. The topological polar surface area (TPSA) is 29.5 Å². The zero-order valence-corrected chi connectivity index (χ0v) is 14.7. The number of hydrogen-bond acceptors (Lipinski definition) is 2. The van der Waals surface area contributed by atoms with Gasteiger partial charge in [-0.3, -0.25) is 4.90 Å². The van der Waals surface area contributed by atoms with Crippen LogP contribution >= 0.6 is 0 Å². The van der Waals surface area contributed by atoms with E-state index in [1.807, 2.05) is 31.7 Å². The summed E-state index contributed by atoms with van der Waals surface area (Å²) in [6, 6.07) is 7.08. The van der Waals surface area contributed by atoms with Crippen LogP contribution in [0.2, 0.25) is 0 Å². The van der Waals surface area contributed by atoms with Gasteiger partial charge < -0.3 is 4.74 Å². The molecular weight excluding hydrogens is 305 g/mol. The van der Waals surface area contributed by atoms with Crippen LogP contribution in [-0.4, -0.2) is 28.7 Å². The molecule has 2 heterocycles. The smallest absolute Gasteiger partial charge is 0.411 e. The van der Waals surface area contributed by atoms with E-state index in [2.05, 4.69) is 6.08 Å². The molecule has 0 radical (unpaired) electrons. The number of benzene rings is 1. The Labute approximate surface area is 143 Å². The molecular formula is C20H26FNO2. The Balaban J connectivity index is 1.76. The molecule has 0 saturated carbocycles. The van der Waals surface area contributed by atoms with Gasteiger partial charge in [0, 0.05) is 6.04 Å². The molecule has 2 atom stereocenters. The minimum Gasteiger partial charge on any atom is -0.444 e. The van der Waals surface area contributed by atoms with Gasteiger partial charge in [-0.2, -0.15) is 0 Å². The van der Waals surface area contributed by atoms with Crippen molar-refractivity contribution in [3.8, 4) is 0 Å². The van der Waals surface area contributed by atoms with Gasteiger partial charge in [0.2, 0.25) is 0 Å². The number of piperidine rings is 1. The number of nitrogens with zero attached hydrogens (tertiary/aromatic N) is 1. The van der Waals surface area contributed by atoms with Gasteiger partial charge in [-0.1, -0.05) is 23.8 Å². The van der Waals surface area contributed by atoms with Gasteiger partial charge in [0.05, 0.1) is 6.04 Å². The first-order valence-corrected chi connectivity index (χ1v) is 8.77. The second kappa shape index (κ2) is 6.58. The molecule has 1 fully saturated rings. The van der Waals surface area contributed by atoms with E-state index in [9.17, 15) is 9.18 Å². The van der Waals surface area contributed by atoms with Crippen LogP contribution in [0.5, 0.6) is 0 Å². The molecule has 24 heavy (non-hydrogen) atoms. The van der Waals surface area contributed by atoms with Crippen LogP contribution in [0.1, 0.15) is 52.0 Å². The lowest BCUT2D eigenvalue weighted by Crippen LogP contribution is -2.53. The highest BCUT2D eigenvalue weighted by Crippen LogP contribution is 2.35. The summed E-state index contributed by atoms with van der Waals surface area (Å²) < 4.78 is 19.0. The Hall–Kier alpha value is -1.84. The Bertz CT molecular complexity index is 647.